The van der Waals surface area contributed by atoms with E-state index in [0.717, 1.165) is 34.5 Å². The van der Waals surface area contributed by atoms with Gasteiger partial charge in [-0.05, 0) is 31.4 Å². The molecule has 26 heavy (non-hydrogen) atoms. The molecule has 1 fully saturated rings. The third-order valence-corrected chi connectivity index (χ3v) is 4.48. The van der Waals surface area contributed by atoms with Crippen molar-refractivity contribution in [2.75, 3.05) is 13.1 Å². The van der Waals surface area contributed by atoms with Crippen molar-refractivity contribution >= 4 is 16.9 Å². The molecule has 3 heterocycles. The lowest BCUT2D eigenvalue weighted by Crippen LogP contribution is -2.45. The minimum Gasteiger partial charge on any atom is -0.341 e. The van der Waals surface area contributed by atoms with Crippen LogP contribution in [0.1, 0.15) is 25.0 Å². The summed E-state index contributed by atoms with van der Waals surface area (Å²) in [6.45, 7) is 0.693. The van der Waals surface area contributed by atoms with E-state index in [2.05, 4.69) is 4.98 Å². The van der Waals surface area contributed by atoms with E-state index < -0.39 is 29.7 Å². The van der Waals surface area contributed by atoms with Crippen molar-refractivity contribution in [1.29, 1.82) is 0 Å². The third-order valence-electron chi connectivity index (χ3n) is 4.48. The first-order chi connectivity index (χ1) is 12.2. The fraction of sp³-hybridized carbons (Fsp3) is 0.500. The van der Waals surface area contributed by atoms with Crippen LogP contribution < -0.4 is 11.2 Å². The number of hydrogen-bond donors (Lipinski definition) is 0. The van der Waals surface area contributed by atoms with Crippen molar-refractivity contribution < 1.29 is 18.0 Å². The number of likely N-dealkylation sites (tertiary alicyclic amines) is 1. The second-order valence-electron chi connectivity index (χ2n) is 6.24. The number of aryl methyl sites for hydroxylation is 1. The van der Waals surface area contributed by atoms with Gasteiger partial charge < -0.3 is 4.90 Å². The number of carbonyl (C=O) groups is 1. The number of nitrogens with zero attached hydrogens (tertiary/aromatic N) is 4. The Bertz CT molecular complexity index is 972. The molecule has 3 rings (SSSR count). The molecule has 0 saturated carbocycles. The summed E-state index contributed by atoms with van der Waals surface area (Å²) in [7, 11) is 1.22. The molecule has 140 valence electrons. The van der Waals surface area contributed by atoms with Crippen LogP contribution in [0.3, 0.4) is 0 Å². The highest BCUT2D eigenvalue weighted by Crippen LogP contribution is 2.28. The van der Waals surface area contributed by atoms with Crippen LogP contribution in [0.15, 0.2) is 21.7 Å². The normalized spacial score (nSPS) is 15.5. The number of alkyl halides is 3. The molecule has 2 aromatic rings. The molecular weight excluding hydrogens is 353 g/mol. The molecule has 0 atom stereocenters. The van der Waals surface area contributed by atoms with Crippen molar-refractivity contribution in [1.82, 2.24) is 19.0 Å². The second kappa shape index (κ2) is 6.58. The lowest BCUT2D eigenvalue weighted by atomic mass is 10.1. The van der Waals surface area contributed by atoms with E-state index in [1.54, 1.807) is 4.90 Å². The van der Waals surface area contributed by atoms with Crippen LogP contribution in [0, 0.1) is 0 Å². The second-order valence-corrected chi connectivity index (χ2v) is 6.24. The lowest BCUT2D eigenvalue weighted by molar-refractivity contribution is -0.141. The Morgan fingerprint density at radius 1 is 1.15 bits per heavy atom. The summed E-state index contributed by atoms with van der Waals surface area (Å²) in [6.07, 6.45) is -1.95. The smallest absolute Gasteiger partial charge is 0.341 e. The van der Waals surface area contributed by atoms with Crippen LogP contribution in [-0.2, 0) is 24.6 Å². The molecule has 0 unspecified atom stereocenters. The molecule has 0 aromatic carbocycles. The van der Waals surface area contributed by atoms with E-state index in [9.17, 15) is 27.6 Å². The lowest BCUT2D eigenvalue weighted by Gasteiger charge is -2.26. The largest absolute Gasteiger partial charge is 0.433 e. The maximum atomic E-state index is 12.8. The molecule has 1 amide bonds. The van der Waals surface area contributed by atoms with Crippen LogP contribution in [0.2, 0.25) is 0 Å². The standard InChI is InChI=1S/C16H17F3N4O3/c1-21-13-10(5-6-11(20-13)16(17,18)19)14(25)23(15(21)26)9-12(24)22-7-3-2-4-8-22/h5-6H,2-4,7-9H2,1H3. The predicted molar refractivity (Wildman–Crippen MR) is 86.7 cm³/mol. The number of aromatic nitrogens is 3. The van der Waals surface area contributed by atoms with Gasteiger partial charge >= 0.3 is 11.9 Å². The SMILES string of the molecule is Cn1c(=O)n(CC(=O)N2CCCCC2)c(=O)c2ccc(C(F)(F)F)nc21. The quantitative estimate of drug-likeness (QED) is 0.794. The molecular formula is C16H17F3N4O3. The van der Waals surface area contributed by atoms with Crippen LogP contribution in [-0.4, -0.2) is 38.0 Å². The molecule has 10 heteroatoms. The summed E-state index contributed by atoms with van der Waals surface area (Å²) in [5.41, 5.74) is -3.26. The maximum absolute atomic E-state index is 12.8. The Kier molecular flexibility index (Phi) is 4.59. The van der Waals surface area contributed by atoms with E-state index in [1.165, 1.54) is 7.05 Å². The Morgan fingerprint density at radius 3 is 2.42 bits per heavy atom. The van der Waals surface area contributed by atoms with Crippen molar-refractivity contribution in [3.05, 3.63) is 38.7 Å². The van der Waals surface area contributed by atoms with E-state index in [-0.39, 0.29) is 16.9 Å². The van der Waals surface area contributed by atoms with Crippen molar-refractivity contribution in [3.8, 4) is 0 Å². The van der Waals surface area contributed by atoms with Gasteiger partial charge in [0.2, 0.25) is 5.91 Å². The van der Waals surface area contributed by atoms with Gasteiger partial charge in [0.25, 0.3) is 5.56 Å². The van der Waals surface area contributed by atoms with E-state index >= 15 is 0 Å². The number of halogens is 3. The number of carbonyl (C=O) groups excluding carboxylic acids is 1. The van der Waals surface area contributed by atoms with Crippen LogP contribution in [0.25, 0.3) is 11.0 Å². The molecule has 1 aliphatic rings. The van der Waals surface area contributed by atoms with Gasteiger partial charge in [0.05, 0.1) is 5.39 Å². The minimum absolute atomic E-state index is 0.147. The topological polar surface area (TPSA) is 77.2 Å². The van der Waals surface area contributed by atoms with Crippen molar-refractivity contribution in [2.24, 2.45) is 7.05 Å². The highest BCUT2D eigenvalue weighted by molar-refractivity contribution is 5.77. The Labute approximate surface area is 145 Å². The van der Waals surface area contributed by atoms with Gasteiger partial charge in [-0.1, -0.05) is 0 Å². The van der Waals surface area contributed by atoms with Gasteiger partial charge in [0.1, 0.15) is 17.9 Å². The number of rotatable bonds is 2. The first kappa shape index (κ1) is 18.2. The fourth-order valence-corrected chi connectivity index (χ4v) is 3.05. The molecule has 0 radical (unpaired) electrons. The van der Waals surface area contributed by atoms with E-state index in [1.807, 2.05) is 0 Å². The van der Waals surface area contributed by atoms with Crippen LogP contribution in [0.4, 0.5) is 13.2 Å². The molecule has 0 aliphatic carbocycles. The first-order valence-electron chi connectivity index (χ1n) is 8.15. The minimum atomic E-state index is -4.69. The van der Waals surface area contributed by atoms with Crippen molar-refractivity contribution in [3.63, 3.8) is 0 Å². The van der Waals surface area contributed by atoms with Crippen molar-refractivity contribution in [2.45, 2.75) is 32.0 Å². The average Bonchev–Trinajstić information content (AvgIpc) is 2.62. The molecule has 0 bridgehead atoms. The number of amides is 1. The van der Waals surface area contributed by atoms with Gasteiger partial charge in [-0.2, -0.15) is 13.2 Å². The number of fused-ring (bicyclic) bond motifs is 1. The number of hydrogen-bond acceptors (Lipinski definition) is 4. The van der Waals surface area contributed by atoms with Gasteiger partial charge in [0.15, 0.2) is 0 Å². The zero-order chi connectivity index (χ0) is 19.1. The van der Waals surface area contributed by atoms with E-state index in [0.29, 0.717) is 19.2 Å². The van der Waals surface area contributed by atoms with Gasteiger partial charge in [-0.15, -0.1) is 0 Å². The highest BCUT2D eigenvalue weighted by Gasteiger charge is 2.33. The molecule has 0 N–H and O–H groups in total. The molecule has 1 aliphatic heterocycles. The third kappa shape index (κ3) is 3.23. The van der Waals surface area contributed by atoms with Crippen LogP contribution in [0.5, 0.6) is 0 Å². The highest BCUT2D eigenvalue weighted by atomic mass is 19.4. The summed E-state index contributed by atoms with van der Waals surface area (Å²) in [5.74, 6) is -0.358. The molecule has 1 saturated heterocycles. The fourth-order valence-electron chi connectivity index (χ4n) is 3.05. The Balaban J connectivity index is 2.06. The molecule has 2 aromatic heterocycles. The zero-order valence-electron chi connectivity index (χ0n) is 14.0. The van der Waals surface area contributed by atoms with Gasteiger partial charge in [-0.25, -0.2) is 9.78 Å². The maximum Gasteiger partial charge on any atom is 0.433 e. The summed E-state index contributed by atoms with van der Waals surface area (Å²) in [4.78, 5) is 42.3. The summed E-state index contributed by atoms with van der Waals surface area (Å²) < 4.78 is 40.1. The average molecular weight is 370 g/mol. The summed E-state index contributed by atoms with van der Waals surface area (Å²) in [6, 6.07) is 1.67. The molecule has 0 spiro atoms. The Morgan fingerprint density at radius 2 is 1.81 bits per heavy atom. The number of pyridine rings is 1. The first-order valence-corrected chi connectivity index (χ1v) is 8.15. The summed E-state index contributed by atoms with van der Waals surface area (Å²) >= 11 is 0. The molecule has 7 nitrogen and oxygen atoms in total. The van der Waals surface area contributed by atoms with Gasteiger partial charge in [-0.3, -0.25) is 18.7 Å². The Hall–Kier alpha value is -2.65. The number of piperidine rings is 1. The van der Waals surface area contributed by atoms with Gasteiger partial charge in [0, 0.05) is 20.1 Å². The van der Waals surface area contributed by atoms with Crippen LogP contribution >= 0.6 is 0 Å². The van der Waals surface area contributed by atoms with E-state index in [4.69, 9.17) is 0 Å². The zero-order valence-corrected chi connectivity index (χ0v) is 14.0. The monoisotopic (exact) mass is 370 g/mol. The summed E-state index contributed by atoms with van der Waals surface area (Å²) in [5, 5.41) is -0.147. The predicted octanol–water partition coefficient (Wildman–Crippen LogP) is 1.13.